The minimum absolute atomic E-state index is 0.122. The first-order valence-electron chi connectivity index (χ1n) is 13.4. The number of para-hydroxylation sites is 2. The van der Waals surface area contributed by atoms with Gasteiger partial charge in [0, 0.05) is 42.3 Å². The van der Waals surface area contributed by atoms with Gasteiger partial charge in [0.05, 0.1) is 30.6 Å². The van der Waals surface area contributed by atoms with Gasteiger partial charge in [-0.25, -0.2) is 0 Å². The Bertz CT molecular complexity index is 1610. The number of aryl methyl sites for hydroxylation is 1. The molecule has 2 aliphatic heterocycles. The standard InChI is InChI=1S/C31H31N5O4S/c1-19-16-22(20(2)36(19)21-11-12-26-27(17-21)40-18-39-26)30-29(24-9-6-7-14-32-24)34-31(41)35(30)15-13-28(37)33-23-8-4-5-10-25(23)38-3/h4-12,14,16-17,29-30H,13,15,18H2,1-3H3,(H,33,37)(H,34,41)/t29-,30+/m0/s1. The first-order valence-corrected chi connectivity index (χ1v) is 13.8. The Morgan fingerprint density at radius 2 is 1.90 bits per heavy atom. The second-order valence-electron chi connectivity index (χ2n) is 10.0. The zero-order valence-electron chi connectivity index (χ0n) is 23.1. The van der Waals surface area contributed by atoms with Gasteiger partial charge in [-0.2, -0.15) is 0 Å². The molecule has 1 saturated heterocycles. The van der Waals surface area contributed by atoms with Gasteiger partial charge in [0.2, 0.25) is 12.7 Å². The number of anilines is 1. The molecule has 41 heavy (non-hydrogen) atoms. The number of rotatable bonds is 8. The fourth-order valence-electron chi connectivity index (χ4n) is 5.68. The van der Waals surface area contributed by atoms with E-state index in [1.54, 1.807) is 13.3 Å². The summed E-state index contributed by atoms with van der Waals surface area (Å²) in [7, 11) is 1.59. The highest BCUT2D eigenvalue weighted by atomic mass is 32.1. The van der Waals surface area contributed by atoms with Crippen LogP contribution in [0.3, 0.4) is 0 Å². The van der Waals surface area contributed by atoms with E-state index in [9.17, 15) is 4.79 Å². The molecule has 2 N–H and O–H groups in total. The third-order valence-electron chi connectivity index (χ3n) is 7.56. The molecule has 2 aromatic heterocycles. The lowest BCUT2D eigenvalue weighted by molar-refractivity contribution is -0.116. The van der Waals surface area contributed by atoms with E-state index >= 15 is 0 Å². The minimum atomic E-state index is -0.188. The van der Waals surface area contributed by atoms with Gasteiger partial charge in [-0.15, -0.1) is 0 Å². The molecule has 10 heteroatoms. The lowest BCUT2D eigenvalue weighted by Crippen LogP contribution is -2.33. The van der Waals surface area contributed by atoms with Crippen molar-refractivity contribution >= 4 is 28.9 Å². The van der Waals surface area contributed by atoms with E-state index in [1.807, 2.05) is 60.7 Å². The number of fused-ring (bicyclic) bond motifs is 1. The summed E-state index contributed by atoms with van der Waals surface area (Å²) in [6.45, 7) is 4.84. The number of amides is 1. The molecule has 2 aromatic carbocycles. The van der Waals surface area contributed by atoms with Crippen LogP contribution < -0.4 is 24.8 Å². The number of hydrogen-bond acceptors (Lipinski definition) is 6. The maximum Gasteiger partial charge on any atom is 0.231 e. The molecule has 2 aliphatic rings. The normalized spacial score (nSPS) is 17.4. The number of aromatic nitrogens is 2. The van der Waals surface area contributed by atoms with Gasteiger partial charge in [0.15, 0.2) is 16.6 Å². The van der Waals surface area contributed by atoms with Crippen molar-refractivity contribution in [1.29, 1.82) is 0 Å². The molecule has 9 nitrogen and oxygen atoms in total. The Morgan fingerprint density at radius 3 is 2.71 bits per heavy atom. The molecule has 0 bridgehead atoms. The third kappa shape index (κ3) is 5.06. The van der Waals surface area contributed by atoms with Crippen LogP contribution in [-0.4, -0.2) is 45.9 Å². The number of nitrogens with zero attached hydrogens (tertiary/aromatic N) is 3. The molecule has 0 aliphatic carbocycles. The lowest BCUT2D eigenvalue weighted by atomic mass is 9.96. The zero-order valence-corrected chi connectivity index (χ0v) is 23.9. The molecule has 0 saturated carbocycles. The average molecular weight is 570 g/mol. The van der Waals surface area contributed by atoms with Crippen LogP contribution >= 0.6 is 12.2 Å². The van der Waals surface area contributed by atoms with Gasteiger partial charge in [-0.1, -0.05) is 18.2 Å². The van der Waals surface area contributed by atoms with Crippen LogP contribution in [0.2, 0.25) is 0 Å². The van der Waals surface area contributed by atoms with Crippen molar-refractivity contribution in [2.24, 2.45) is 0 Å². The molecule has 0 radical (unpaired) electrons. The molecule has 0 spiro atoms. The molecule has 1 amide bonds. The van der Waals surface area contributed by atoms with Gasteiger partial charge < -0.3 is 34.3 Å². The van der Waals surface area contributed by atoms with E-state index in [-0.39, 0.29) is 31.2 Å². The van der Waals surface area contributed by atoms with Gasteiger partial charge in [0.1, 0.15) is 5.75 Å². The van der Waals surface area contributed by atoms with E-state index in [0.29, 0.717) is 23.1 Å². The summed E-state index contributed by atoms with van der Waals surface area (Å²) in [6.07, 6.45) is 2.03. The Balaban J connectivity index is 1.32. The number of hydrogen-bond donors (Lipinski definition) is 2. The zero-order chi connectivity index (χ0) is 28.5. The van der Waals surface area contributed by atoms with E-state index in [1.165, 1.54) is 0 Å². The van der Waals surface area contributed by atoms with Crippen molar-refractivity contribution in [2.75, 3.05) is 25.8 Å². The minimum Gasteiger partial charge on any atom is -0.495 e. The Morgan fingerprint density at radius 1 is 1.10 bits per heavy atom. The lowest BCUT2D eigenvalue weighted by Gasteiger charge is -2.28. The summed E-state index contributed by atoms with van der Waals surface area (Å²) >= 11 is 5.84. The summed E-state index contributed by atoms with van der Waals surface area (Å²) < 4.78 is 18.7. The van der Waals surface area contributed by atoms with Crippen molar-refractivity contribution in [3.05, 3.63) is 95.6 Å². The van der Waals surface area contributed by atoms with E-state index in [0.717, 1.165) is 39.8 Å². The average Bonchev–Trinajstić information content (AvgIpc) is 3.67. The fourth-order valence-corrected chi connectivity index (χ4v) is 6.01. The molecule has 210 valence electrons. The van der Waals surface area contributed by atoms with Crippen molar-refractivity contribution in [3.8, 4) is 22.9 Å². The maximum atomic E-state index is 13.0. The smallest absolute Gasteiger partial charge is 0.231 e. The van der Waals surface area contributed by atoms with Gasteiger partial charge >= 0.3 is 0 Å². The van der Waals surface area contributed by atoms with Crippen molar-refractivity contribution < 1.29 is 19.0 Å². The summed E-state index contributed by atoms with van der Waals surface area (Å²) in [6, 6.07) is 21.0. The van der Waals surface area contributed by atoms with Crippen LogP contribution in [0.25, 0.3) is 5.69 Å². The molecule has 2 atom stereocenters. The number of pyridine rings is 1. The predicted molar refractivity (Wildman–Crippen MR) is 160 cm³/mol. The SMILES string of the molecule is COc1ccccc1NC(=O)CCN1C(=S)N[C@@H](c2ccccn2)[C@H]1c1cc(C)n(-c2ccc3c(c2)OCO3)c1C. The number of thiocarbonyl (C=S) groups is 1. The molecule has 0 unspecified atom stereocenters. The Hall–Kier alpha value is -4.57. The van der Waals surface area contributed by atoms with Gasteiger partial charge in [0.25, 0.3) is 0 Å². The highest BCUT2D eigenvalue weighted by Crippen LogP contribution is 2.42. The highest BCUT2D eigenvalue weighted by molar-refractivity contribution is 7.80. The number of carbonyl (C=O) groups is 1. The maximum absolute atomic E-state index is 13.0. The van der Waals surface area contributed by atoms with Crippen LogP contribution in [-0.2, 0) is 4.79 Å². The van der Waals surface area contributed by atoms with E-state index in [2.05, 4.69) is 45.0 Å². The molecule has 4 heterocycles. The van der Waals surface area contributed by atoms with Crippen molar-refractivity contribution in [3.63, 3.8) is 0 Å². The summed E-state index contributed by atoms with van der Waals surface area (Å²) in [5.74, 6) is 1.97. The largest absolute Gasteiger partial charge is 0.495 e. The van der Waals surface area contributed by atoms with E-state index in [4.69, 9.17) is 26.4 Å². The third-order valence-corrected chi connectivity index (χ3v) is 7.91. The molecule has 6 rings (SSSR count). The van der Waals surface area contributed by atoms with Crippen LogP contribution in [0.5, 0.6) is 17.2 Å². The monoisotopic (exact) mass is 569 g/mol. The van der Waals surface area contributed by atoms with Gasteiger partial charge in [-0.3, -0.25) is 9.78 Å². The van der Waals surface area contributed by atoms with Crippen LogP contribution in [0.15, 0.2) is 72.9 Å². The van der Waals surface area contributed by atoms with Crippen LogP contribution in [0, 0.1) is 13.8 Å². The Kier molecular flexibility index (Phi) is 7.23. The second-order valence-corrected chi connectivity index (χ2v) is 10.4. The molecular formula is C31H31N5O4S. The first kappa shape index (κ1) is 26.6. The van der Waals surface area contributed by atoms with Crippen molar-refractivity contribution in [1.82, 2.24) is 19.8 Å². The second kappa shape index (κ2) is 11.1. The quantitative estimate of drug-likeness (QED) is 0.279. The molecular weight excluding hydrogens is 538 g/mol. The van der Waals surface area contributed by atoms with E-state index < -0.39 is 0 Å². The molecule has 4 aromatic rings. The highest BCUT2D eigenvalue weighted by Gasteiger charge is 2.41. The number of benzene rings is 2. The molecule has 1 fully saturated rings. The summed E-state index contributed by atoms with van der Waals surface area (Å²) in [5.41, 5.74) is 5.76. The van der Waals surface area contributed by atoms with Crippen LogP contribution in [0.4, 0.5) is 5.69 Å². The number of nitrogens with one attached hydrogen (secondary N) is 2. The number of methoxy groups -OCH3 is 1. The van der Waals surface area contributed by atoms with Gasteiger partial charge in [-0.05, 0) is 74.1 Å². The Labute approximate surface area is 244 Å². The number of ether oxygens (including phenoxy) is 3. The summed E-state index contributed by atoms with van der Waals surface area (Å²) in [4.78, 5) is 19.8. The summed E-state index contributed by atoms with van der Waals surface area (Å²) in [5, 5.41) is 7.05. The predicted octanol–water partition coefficient (Wildman–Crippen LogP) is 5.23. The fraction of sp³-hybridized carbons (Fsp3) is 0.258. The topological polar surface area (TPSA) is 89.9 Å². The first-order chi connectivity index (χ1) is 19.9. The van der Waals surface area contributed by atoms with Crippen molar-refractivity contribution in [2.45, 2.75) is 32.4 Å². The number of carbonyl (C=O) groups excluding carboxylic acids is 1. The van der Waals surface area contributed by atoms with Crippen LogP contribution in [0.1, 0.15) is 41.1 Å².